The lowest BCUT2D eigenvalue weighted by Gasteiger charge is -2.21. The van der Waals surface area contributed by atoms with E-state index in [0.717, 1.165) is 43.3 Å². The number of aromatic nitrogens is 4. The van der Waals surface area contributed by atoms with Crippen molar-refractivity contribution >= 4 is 5.91 Å². The van der Waals surface area contributed by atoms with Gasteiger partial charge in [-0.25, -0.2) is 15.0 Å². The Morgan fingerprint density at radius 2 is 2.18 bits per heavy atom. The molecule has 3 N–H and O–H groups in total. The SMILES string of the molecule is Cc1cc(C(=O)NCc2ncc[nH]2)nc(C2CCNCC2)n1. The van der Waals surface area contributed by atoms with Crippen LogP contribution in [-0.4, -0.2) is 38.9 Å². The van der Waals surface area contributed by atoms with Gasteiger partial charge in [0.25, 0.3) is 5.91 Å². The third-order valence-electron chi connectivity index (χ3n) is 3.78. The third kappa shape index (κ3) is 3.48. The predicted molar refractivity (Wildman–Crippen MR) is 81.4 cm³/mol. The Morgan fingerprint density at radius 1 is 1.36 bits per heavy atom. The summed E-state index contributed by atoms with van der Waals surface area (Å²) in [6.07, 6.45) is 5.41. The fraction of sp³-hybridized carbons (Fsp3) is 0.467. The summed E-state index contributed by atoms with van der Waals surface area (Å²) in [5.41, 5.74) is 1.25. The van der Waals surface area contributed by atoms with Gasteiger partial charge < -0.3 is 15.6 Å². The van der Waals surface area contributed by atoms with Crippen molar-refractivity contribution in [2.75, 3.05) is 13.1 Å². The maximum atomic E-state index is 12.3. The molecule has 0 atom stereocenters. The number of nitrogens with zero attached hydrogens (tertiary/aromatic N) is 3. The number of aromatic amines is 1. The van der Waals surface area contributed by atoms with Crippen LogP contribution in [0.25, 0.3) is 0 Å². The molecule has 7 nitrogen and oxygen atoms in total. The molecule has 0 bridgehead atoms. The van der Waals surface area contributed by atoms with Crippen LogP contribution in [0.4, 0.5) is 0 Å². The van der Waals surface area contributed by atoms with Crippen LogP contribution >= 0.6 is 0 Å². The Morgan fingerprint density at radius 3 is 2.91 bits per heavy atom. The second-order valence-corrected chi connectivity index (χ2v) is 5.50. The van der Waals surface area contributed by atoms with Gasteiger partial charge in [-0.15, -0.1) is 0 Å². The number of nitrogens with one attached hydrogen (secondary N) is 3. The molecule has 2 aromatic rings. The summed E-state index contributed by atoms with van der Waals surface area (Å²) in [7, 11) is 0. The van der Waals surface area contributed by atoms with Crippen molar-refractivity contribution in [3.63, 3.8) is 0 Å². The number of aryl methyl sites for hydroxylation is 1. The largest absolute Gasteiger partial charge is 0.347 e. The number of carbonyl (C=O) groups excluding carboxylic acids is 1. The molecule has 3 heterocycles. The van der Waals surface area contributed by atoms with Crippen molar-refractivity contribution in [2.45, 2.75) is 32.2 Å². The molecule has 1 saturated heterocycles. The summed E-state index contributed by atoms with van der Waals surface area (Å²) < 4.78 is 0. The van der Waals surface area contributed by atoms with Crippen LogP contribution in [0.15, 0.2) is 18.5 Å². The monoisotopic (exact) mass is 300 g/mol. The zero-order valence-electron chi connectivity index (χ0n) is 12.6. The lowest BCUT2D eigenvalue weighted by atomic mass is 9.97. The first-order chi connectivity index (χ1) is 10.7. The molecule has 0 saturated carbocycles. The highest BCUT2D eigenvalue weighted by Gasteiger charge is 2.20. The molecule has 3 rings (SSSR count). The van der Waals surface area contributed by atoms with Crippen LogP contribution in [0.2, 0.25) is 0 Å². The summed E-state index contributed by atoms with van der Waals surface area (Å²) in [6.45, 7) is 4.21. The van der Waals surface area contributed by atoms with E-state index in [0.29, 0.717) is 18.2 Å². The zero-order chi connectivity index (χ0) is 15.4. The fourth-order valence-corrected chi connectivity index (χ4v) is 2.62. The van der Waals surface area contributed by atoms with Crippen LogP contribution in [0.3, 0.4) is 0 Å². The molecular formula is C15H20N6O. The van der Waals surface area contributed by atoms with Crippen molar-refractivity contribution < 1.29 is 4.79 Å². The van der Waals surface area contributed by atoms with E-state index in [9.17, 15) is 4.79 Å². The van der Waals surface area contributed by atoms with Crippen molar-refractivity contribution in [1.82, 2.24) is 30.6 Å². The summed E-state index contributed by atoms with van der Waals surface area (Å²) >= 11 is 0. The third-order valence-corrected chi connectivity index (χ3v) is 3.78. The number of rotatable bonds is 4. The Labute approximate surface area is 129 Å². The molecule has 116 valence electrons. The highest BCUT2D eigenvalue weighted by atomic mass is 16.1. The molecule has 1 aliphatic rings. The zero-order valence-corrected chi connectivity index (χ0v) is 12.6. The molecule has 22 heavy (non-hydrogen) atoms. The van der Waals surface area contributed by atoms with E-state index in [1.54, 1.807) is 18.5 Å². The number of hydrogen-bond acceptors (Lipinski definition) is 5. The minimum atomic E-state index is -0.197. The smallest absolute Gasteiger partial charge is 0.270 e. The summed E-state index contributed by atoms with van der Waals surface area (Å²) in [5.74, 6) is 1.64. The number of H-pyrrole nitrogens is 1. The fourth-order valence-electron chi connectivity index (χ4n) is 2.62. The molecule has 0 spiro atoms. The maximum Gasteiger partial charge on any atom is 0.270 e. The van der Waals surface area contributed by atoms with Crippen molar-refractivity contribution in [1.29, 1.82) is 0 Å². The van der Waals surface area contributed by atoms with E-state index < -0.39 is 0 Å². The van der Waals surface area contributed by atoms with Gasteiger partial charge in [-0.1, -0.05) is 0 Å². The summed E-state index contributed by atoms with van der Waals surface area (Å²) in [6, 6.07) is 1.72. The molecule has 7 heteroatoms. The van der Waals surface area contributed by atoms with E-state index in [4.69, 9.17) is 0 Å². The van der Waals surface area contributed by atoms with Gasteiger partial charge in [0, 0.05) is 24.0 Å². The average Bonchev–Trinajstić information content (AvgIpc) is 3.06. The van der Waals surface area contributed by atoms with E-state index in [1.165, 1.54) is 0 Å². The maximum absolute atomic E-state index is 12.3. The molecular weight excluding hydrogens is 280 g/mol. The van der Waals surface area contributed by atoms with Crippen LogP contribution in [0.1, 0.15) is 46.6 Å². The molecule has 0 aromatic carbocycles. The first-order valence-electron chi connectivity index (χ1n) is 7.55. The highest BCUT2D eigenvalue weighted by Crippen LogP contribution is 2.22. The number of hydrogen-bond donors (Lipinski definition) is 3. The molecule has 2 aromatic heterocycles. The van der Waals surface area contributed by atoms with Gasteiger partial charge in [-0.05, 0) is 38.9 Å². The standard InChI is InChI=1S/C15H20N6O/c1-10-8-12(15(22)19-9-13-17-6-7-18-13)21-14(20-10)11-2-4-16-5-3-11/h6-8,11,16H,2-5,9H2,1H3,(H,17,18)(H,19,22). The number of imidazole rings is 1. The highest BCUT2D eigenvalue weighted by molar-refractivity contribution is 5.92. The van der Waals surface area contributed by atoms with Gasteiger partial charge >= 0.3 is 0 Å². The lowest BCUT2D eigenvalue weighted by molar-refractivity contribution is 0.0944. The molecule has 0 radical (unpaired) electrons. The minimum Gasteiger partial charge on any atom is -0.347 e. The van der Waals surface area contributed by atoms with Gasteiger partial charge in [0.2, 0.25) is 0 Å². The quantitative estimate of drug-likeness (QED) is 0.780. The Bertz CT molecular complexity index is 633. The number of amides is 1. The van der Waals surface area contributed by atoms with E-state index in [1.807, 2.05) is 6.92 Å². The minimum absolute atomic E-state index is 0.197. The molecule has 0 aliphatic carbocycles. The predicted octanol–water partition coefficient (Wildman–Crippen LogP) is 0.905. The van der Waals surface area contributed by atoms with E-state index in [-0.39, 0.29) is 5.91 Å². The number of carbonyl (C=O) groups is 1. The van der Waals surface area contributed by atoms with E-state index >= 15 is 0 Å². The van der Waals surface area contributed by atoms with Gasteiger partial charge in [0.1, 0.15) is 17.3 Å². The first kappa shape index (κ1) is 14.6. The first-order valence-corrected chi connectivity index (χ1v) is 7.55. The van der Waals surface area contributed by atoms with Gasteiger partial charge in [0.15, 0.2) is 0 Å². The van der Waals surface area contributed by atoms with Crippen molar-refractivity contribution in [3.8, 4) is 0 Å². The Kier molecular flexibility index (Phi) is 4.43. The topological polar surface area (TPSA) is 95.6 Å². The Balaban J connectivity index is 1.72. The molecule has 1 aliphatic heterocycles. The number of piperidine rings is 1. The molecule has 1 amide bonds. The van der Waals surface area contributed by atoms with Crippen LogP contribution < -0.4 is 10.6 Å². The van der Waals surface area contributed by atoms with Gasteiger partial charge in [0.05, 0.1) is 6.54 Å². The van der Waals surface area contributed by atoms with Crippen molar-refractivity contribution in [3.05, 3.63) is 41.5 Å². The second-order valence-electron chi connectivity index (χ2n) is 5.50. The molecule has 1 fully saturated rings. The average molecular weight is 300 g/mol. The van der Waals surface area contributed by atoms with Gasteiger partial charge in [-0.2, -0.15) is 0 Å². The molecule has 0 unspecified atom stereocenters. The van der Waals surface area contributed by atoms with Crippen LogP contribution in [-0.2, 0) is 6.54 Å². The summed E-state index contributed by atoms with van der Waals surface area (Å²) in [5, 5.41) is 6.15. The second kappa shape index (κ2) is 6.65. The Hall–Kier alpha value is -2.28. The lowest BCUT2D eigenvalue weighted by Crippen LogP contribution is -2.29. The normalized spacial score (nSPS) is 15.7. The summed E-state index contributed by atoms with van der Waals surface area (Å²) in [4.78, 5) is 28.3. The van der Waals surface area contributed by atoms with Crippen LogP contribution in [0, 0.1) is 6.92 Å². The van der Waals surface area contributed by atoms with E-state index in [2.05, 4.69) is 30.6 Å². The van der Waals surface area contributed by atoms with Crippen molar-refractivity contribution in [2.24, 2.45) is 0 Å². The van der Waals surface area contributed by atoms with Gasteiger partial charge in [-0.3, -0.25) is 4.79 Å². The van der Waals surface area contributed by atoms with Crippen LogP contribution in [0.5, 0.6) is 0 Å².